The van der Waals surface area contributed by atoms with Gasteiger partial charge >= 0.3 is 0 Å². The second-order valence-corrected chi connectivity index (χ2v) is 8.24. The van der Waals surface area contributed by atoms with Crippen LogP contribution < -0.4 is 4.57 Å². The lowest BCUT2D eigenvalue weighted by atomic mass is 9.94. The number of rotatable bonds is 4. The quantitative estimate of drug-likeness (QED) is 0.555. The Hall–Kier alpha value is -2.35. The molecule has 2 heteroatoms. The Labute approximate surface area is 164 Å². The molecule has 2 nitrogen and oxygen atoms in total. The van der Waals surface area contributed by atoms with Gasteiger partial charge in [-0.05, 0) is 111 Å². The summed E-state index contributed by atoms with van der Waals surface area (Å²) in [5.41, 5.74) is 14.1. The largest absolute Gasteiger partial charge is 0.244 e. The average molecular weight is 362 g/mol. The third-order valence-electron chi connectivity index (χ3n) is 6.47. The molecule has 27 heavy (non-hydrogen) atoms. The first-order valence-electron chi connectivity index (χ1n) is 9.86. The van der Waals surface area contributed by atoms with Crippen molar-refractivity contribution in [2.45, 2.75) is 68.5 Å². The summed E-state index contributed by atoms with van der Waals surface area (Å²) in [4.78, 5) is 0. The smallest absolute Gasteiger partial charge is 0.233 e. The molecule has 3 aromatic rings. The van der Waals surface area contributed by atoms with Gasteiger partial charge in [0, 0.05) is 0 Å². The van der Waals surface area contributed by atoms with Crippen molar-refractivity contribution < 1.29 is 4.57 Å². The Morgan fingerprint density at radius 3 is 1.59 bits per heavy atom. The summed E-state index contributed by atoms with van der Waals surface area (Å²) in [5.74, 6) is 0. The van der Waals surface area contributed by atoms with E-state index < -0.39 is 0 Å². The van der Waals surface area contributed by atoms with Gasteiger partial charge in [0.05, 0.1) is 0 Å². The SMILES string of the molecule is Cc1cc(C)c(C)c(Cn2cc[n+](Cc3c(C)c(C)cc(C)c3C)c2)c1C. The number of benzene rings is 2. The molecule has 142 valence electrons. The summed E-state index contributed by atoms with van der Waals surface area (Å²) in [6.45, 7) is 19.7. The fourth-order valence-electron chi connectivity index (χ4n) is 4.06. The lowest BCUT2D eigenvalue weighted by Crippen LogP contribution is -2.32. The molecule has 0 aliphatic rings. The number of aromatic nitrogens is 2. The number of hydrogen-bond acceptors (Lipinski definition) is 0. The summed E-state index contributed by atoms with van der Waals surface area (Å²) in [7, 11) is 0. The maximum absolute atomic E-state index is 2.31. The average Bonchev–Trinajstić information content (AvgIpc) is 3.06. The summed E-state index contributed by atoms with van der Waals surface area (Å²) in [5, 5.41) is 0. The van der Waals surface area contributed by atoms with Crippen LogP contribution in [0.15, 0.2) is 30.9 Å². The first-order valence-corrected chi connectivity index (χ1v) is 9.86. The molecule has 0 unspecified atom stereocenters. The summed E-state index contributed by atoms with van der Waals surface area (Å²) in [6.07, 6.45) is 6.64. The van der Waals surface area contributed by atoms with Crippen LogP contribution in [0.3, 0.4) is 0 Å². The van der Waals surface area contributed by atoms with E-state index in [1.807, 2.05) is 0 Å². The summed E-state index contributed by atoms with van der Waals surface area (Å²) >= 11 is 0. The van der Waals surface area contributed by atoms with Crippen molar-refractivity contribution in [3.8, 4) is 0 Å². The van der Waals surface area contributed by atoms with Crippen LogP contribution >= 0.6 is 0 Å². The topological polar surface area (TPSA) is 8.81 Å². The van der Waals surface area contributed by atoms with Crippen LogP contribution in [0.25, 0.3) is 0 Å². The van der Waals surface area contributed by atoms with Crippen LogP contribution in [-0.4, -0.2) is 4.57 Å². The molecular weight excluding hydrogens is 328 g/mol. The zero-order valence-electron chi connectivity index (χ0n) is 18.2. The molecule has 0 radical (unpaired) electrons. The van der Waals surface area contributed by atoms with Crippen LogP contribution in [0.2, 0.25) is 0 Å². The van der Waals surface area contributed by atoms with E-state index in [-0.39, 0.29) is 0 Å². The predicted octanol–water partition coefficient (Wildman–Crippen LogP) is 5.34. The molecule has 0 aliphatic heterocycles. The fourth-order valence-corrected chi connectivity index (χ4v) is 4.06. The van der Waals surface area contributed by atoms with Gasteiger partial charge in [0.25, 0.3) is 0 Å². The van der Waals surface area contributed by atoms with E-state index >= 15 is 0 Å². The van der Waals surface area contributed by atoms with Crippen molar-refractivity contribution in [1.82, 2.24) is 4.57 Å². The second-order valence-electron chi connectivity index (χ2n) is 8.24. The molecule has 0 atom stereocenters. The van der Waals surface area contributed by atoms with Gasteiger partial charge in [-0.3, -0.25) is 0 Å². The molecule has 0 N–H and O–H groups in total. The van der Waals surface area contributed by atoms with Gasteiger partial charge < -0.3 is 0 Å². The van der Waals surface area contributed by atoms with Crippen molar-refractivity contribution >= 4 is 0 Å². The Balaban J connectivity index is 1.90. The first-order chi connectivity index (χ1) is 12.7. The normalized spacial score (nSPS) is 11.3. The molecule has 0 fully saturated rings. The molecule has 1 heterocycles. The zero-order valence-corrected chi connectivity index (χ0v) is 18.2. The highest BCUT2D eigenvalue weighted by atomic mass is 15.1. The van der Waals surface area contributed by atoms with Crippen molar-refractivity contribution in [3.63, 3.8) is 0 Å². The number of nitrogens with zero attached hydrogens (tertiary/aromatic N) is 2. The highest BCUT2D eigenvalue weighted by Crippen LogP contribution is 2.23. The second kappa shape index (κ2) is 7.34. The third-order valence-corrected chi connectivity index (χ3v) is 6.47. The lowest BCUT2D eigenvalue weighted by molar-refractivity contribution is -0.687. The van der Waals surface area contributed by atoms with Gasteiger partial charge in [0.15, 0.2) is 0 Å². The third kappa shape index (κ3) is 3.71. The summed E-state index contributed by atoms with van der Waals surface area (Å²) < 4.78 is 4.61. The van der Waals surface area contributed by atoms with Gasteiger partial charge in [-0.2, -0.15) is 0 Å². The van der Waals surface area contributed by atoms with E-state index in [0.29, 0.717) is 0 Å². The fraction of sp³-hybridized carbons (Fsp3) is 0.400. The lowest BCUT2D eigenvalue weighted by Gasteiger charge is -2.14. The van der Waals surface area contributed by atoms with Gasteiger partial charge in [-0.15, -0.1) is 0 Å². The van der Waals surface area contributed by atoms with Crippen molar-refractivity contribution in [3.05, 3.63) is 86.5 Å². The summed E-state index contributed by atoms with van der Waals surface area (Å²) in [6, 6.07) is 4.60. The standard InChI is InChI=1S/C25H33N2/c1-16-11-17(2)21(6)24(20(16)5)13-26-9-10-27(15-26)14-25-22(7)18(3)12-19(4)23(25)8/h9-12,15H,13-14H2,1-8H3/q+1. The number of imidazole rings is 1. The van der Waals surface area contributed by atoms with E-state index in [4.69, 9.17) is 0 Å². The van der Waals surface area contributed by atoms with Gasteiger partial charge in [0.1, 0.15) is 25.5 Å². The zero-order chi connectivity index (χ0) is 19.9. The number of hydrogen-bond donors (Lipinski definition) is 0. The van der Waals surface area contributed by atoms with E-state index in [2.05, 4.69) is 95.4 Å². The van der Waals surface area contributed by atoms with Gasteiger partial charge in [-0.1, -0.05) is 12.1 Å². The van der Waals surface area contributed by atoms with Crippen molar-refractivity contribution in [2.75, 3.05) is 0 Å². The van der Waals surface area contributed by atoms with Crippen molar-refractivity contribution in [1.29, 1.82) is 0 Å². The van der Waals surface area contributed by atoms with Gasteiger partial charge in [-0.25, -0.2) is 9.13 Å². The Morgan fingerprint density at radius 1 is 0.667 bits per heavy atom. The van der Waals surface area contributed by atoms with Crippen LogP contribution in [0.4, 0.5) is 0 Å². The van der Waals surface area contributed by atoms with Crippen LogP contribution in [-0.2, 0) is 13.1 Å². The molecule has 0 saturated heterocycles. The maximum Gasteiger partial charge on any atom is 0.244 e. The maximum atomic E-state index is 2.31. The molecule has 0 saturated carbocycles. The monoisotopic (exact) mass is 361 g/mol. The molecule has 0 amide bonds. The van der Waals surface area contributed by atoms with E-state index in [0.717, 1.165) is 13.1 Å². The van der Waals surface area contributed by atoms with Gasteiger partial charge in [0.2, 0.25) is 6.33 Å². The first kappa shape index (κ1) is 19.4. The Bertz CT molecular complexity index is 873. The molecule has 0 aliphatic carbocycles. The minimum absolute atomic E-state index is 0.929. The minimum Gasteiger partial charge on any atom is -0.233 e. The minimum atomic E-state index is 0.929. The molecule has 0 bridgehead atoms. The van der Waals surface area contributed by atoms with Crippen LogP contribution in [0, 0.1) is 55.4 Å². The van der Waals surface area contributed by atoms with Crippen LogP contribution in [0.1, 0.15) is 55.6 Å². The molecule has 0 spiro atoms. The van der Waals surface area contributed by atoms with E-state index in [9.17, 15) is 0 Å². The predicted molar refractivity (Wildman–Crippen MR) is 114 cm³/mol. The molecular formula is C25H33N2+. The van der Waals surface area contributed by atoms with E-state index in [1.165, 1.54) is 55.6 Å². The highest BCUT2D eigenvalue weighted by molar-refractivity contribution is 5.44. The number of aryl methyl sites for hydroxylation is 4. The highest BCUT2D eigenvalue weighted by Gasteiger charge is 2.15. The van der Waals surface area contributed by atoms with Crippen LogP contribution in [0.5, 0.6) is 0 Å². The Kier molecular flexibility index (Phi) is 5.28. The van der Waals surface area contributed by atoms with Crippen molar-refractivity contribution in [2.24, 2.45) is 0 Å². The molecule has 1 aromatic heterocycles. The van der Waals surface area contributed by atoms with E-state index in [1.54, 1.807) is 0 Å². The molecule has 3 rings (SSSR count). The molecule has 2 aromatic carbocycles. The Morgan fingerprint density at radius 2 is 1.11 bits per heavy atom.